The van der Waals surface area contributed by atoms with E-state index >= 15 is 0 Å². The van der Waals surface area contributed by atoms with Gasteiger partial charge in [0.2, 0.25) is 0 Å². The van der Waals surface area contributed by atoms with Crippen LogP contribution < -0.4 is 9.47 Å². The first-order valence-corrected chi connectivity index (χ1v) is 11.2. The Labute approximate surface area is 182 Å². The molecular formula is C24H30N2O5. The van der Waals surface area contributed by atoms with Crippen LogP contribution in [0.15, 0.2) is 40.8 Å². The van der Waals surface area contributed by atoms with Gasteiger partial charge in [-0.15, -0.1) is 0 Å². The van der Waals surface area contributed by atoms with Crippen LogP contribution >= 0.6 is 0 Å². The number of hydrogen-bond donors (Lipinski definition) is 0. The first-order valence-electron chi connectivity index (χ1n) is 11.2. The second kappa shape index (κ2) is 9.87. The number of rotatable bonds is 8. The number of morpholine rings is 2. The zero-order valence-corrected chi connectivity index (χ0v) is 17.9. The molecule has 3 aromatic rings. The van der Waals surface area contributed by atoms with Crippen LogP contribution in [0.3, 0.4) is 0 Å². The highest BCUT2D eigenvalue weighted by Crippen LogP contribution is 2.33. The summed E-state index contributed by atoms with van der Waals surface area (Å²) in [5, 5.41) is 2.15. The van der Waals surface area contributed by atoms with Gasteiger partial charge < -0.3 is 23.4 Å². The Hall–Kier alpha value is -2.32. The normalized spacial score (nSPS) is 18.6. The molecule has 166 valence electrons. The van der Waals surface area contributed by atoms with E-state index in [0.29, 0.717) is 13.2 Å². The van der Waals surface area contributed by atoms with Gasteiger partial charge in [-0.1, -0.05) is 0 Å². The SMILES string of the molecule is c1cc2c(cc1OCCN1CCOCC1)oc1ccc(OCCN3CCOCC3)cc12. The molecule has 31 heavy (non-hydrogen) atoms. The van der Waals surface area contributed by atoms with E-state index < -0.39 is 0 Å². The molecule has 0 aliphatic carbocycles. The summed E-state index contributed by atoms with van der Waals surface area (Å²) in [6, 6.07) is 12.1. The highest BCUT2D eigenvalue weighted by molar-refractivity contribution is 6.05. The van der Waals surface area contributed by atoms with Crippen molar-refractivity contribution in [1.82, 2.24) is 9.80 Å². The van der Waals surface area contributed by atoms with Crippen molar-refractivity contribution in [3.63, 3.8) is 0 Å². The van der Waals surface area contributed by atoms with E-state index in [-0.39, 0.29) is 0 Å². The first kappa shape index (κ1) is 20.6. The number of nitrogens with zero attached hydrogens (tertiary/aromatic N) is 2. The molecule has 0 radical (unpaired) electrons. The van der Waals surface area contributed by atoms with Gasteiger partial charge in [-0.2, -0.15) is 0 Å². The van der Waals surface area contributed by atoms with Gasteiger partial charge in [-0.05, 0) is 30.3 Å². The van der Waals surface area contributed by atoms with Crippen molar-refractivity contribution in [2.24, 2.45) is 0 Å². The summed E-state index contributed by atoms with van der Waals surface area (Å²) in [4.78, 5) is 4.74. The Morgan fingerprint density at radius 1 is 0.645 bits per heavy atom. The van der Waals surface area contributed by atoms with Crippen LogP contribution in [0.1, 0.15) is 0 Å². The highest BCUT2D eigenvalue weighted by atomic mass is 16.5. The molecule has 0 saturated carbocycles. The summed E-state index contributed by atoms with van der Waals surface area (Å²) < 4.78 is 28.8. The number of benzene rings is 2. The van der Waals surface area contributed by atoms with Crippen molar-refractivity contribution in [2.75, 3.05) is 78.9 Å². The molecule has 2 saturated heterocycles. The number of ether oxygens (including phenoxy) is 4. The fourth-order valence-electron chi connectivity index (χ4n) is 4.15. The summed E-state index contributed by atoms with van der Waals surface area (Å²) >= 11 is 0. The summed E-state index contributed by atoms with van der Waals surface area (Å²) in [6.45, 7) is 10.3. The molecule has 7 heteroatoms. The summed E-state index contributed by atoms with van der Waals surface area (Å²) in [5.74, 6) is 1.70. The maximum atomic E-state index is 6.06. The molecular weight excluding hydrogens is 396 g/mol. The second-order valence-corrected chi connectivity index (χ2v) is 8.02. The summed E-state index contributed by atoms with van der Waals surface area (Å²) in [5.41, 5.74) is 1.70. The first-order chi connectivity index (χ1) is 15.3. The number of furan rings is 1. The Balaban J connectivity index is 1.20. The van der Waals surface area contributed by atoms with Gasteiger partial charge in [-0.3, -0.25) is 9.80 Å². The molecule has 3 heterocycles. The minimum Gasteiger partial charge on any atom is -0.492 e. The summed E-state index contributed by atoms with van der Waals surface area (Å²) in [7, 11) is 0. The zero-order chi connectivity index (χ0) is 20.9. The van der Waals surface area contributed by atoms with E-state index in [1.165, 1.54) is 0 Å². The lowest BCUT2D eigenvalue weighted by molar-refractivity contribution is 0.0322. The predicted molar refractivity (Wildman–Crippen MR) is 119 cm³/mol. The molecule has 0 unspecified atom stereocenters. The number of hydrogen-bond acceptors (Lipinski definition) is 7. The quantitative estimate of drug-likeness (QED) is 0.549. The van der Waals surface area contributed by atoms with Crippen LogP contribution in [0, 0.1) is 0 Å². The maximum Gasteiger partial charge on any atom is 0.139 e. The molecule has 2 aliphatic rings. The van der Waals surface area contributed by atoms with Crippen molar-refractivity contribution < 1.29 is 23.4 Å². The van der Waals surface area contributed by atoms with E-state index in [1.54, 1.807) is 0 Å². The molecule has 0 N–H and O–H groups in total. The van der Waals surface area contributed by atoms with Crippen LogP contribution in [0.25, 0.3) is 21.9 Å². The second-order valence-electron chi connectivity index (χ2n) is 8.02. The highest BCUT2D eigenvalue weighted by Gasteiger charge is 2.13. The van der Waals surface area contributed by atoms with Crippen LogP contribution in [-0.4, -0.2) is 88.7 Å². The molecule has 2 aromatic carbocycles. The molecule has 7 nitrogen and oxygen atoms in total. The van der Waals surface area contributed by atoms with E-state index in [4.69, 9.17) is 23.4 Å². The van der Waals surface area contributed by atoms with E-state index in [1.807, 2.05) is 24.3 Å². The molecule has 0 spiro atoms. The molecule has 1 aromatic heterocycles. The van der Waals surface area contributed by atoms with Crippen LogP contribution in [0.4, 0.5) is 0 Å². The van der Waals surface area contributed by atoms with Gasteiger partial charge in [0, 0.05) is 56.1 Å². The van der Waals surface area contributed by atoms with Crippen molar-refractivity contribution >= 4 is 21.9 Å². The minimum atomic E-state index is 0.660. The smallest absolute Gasteiger partial charge is 0.139 e. The zero-order valence-electron chi connectivity index (χ0n) is 17.9. The van der Waals surface area contributed by atoms with Gasteiger partial charge in [0.15, 0.2) is 0 Å². The van der Waals surface area contributed by atoms with Gasteiger partial charge >= 0.3 is 0 Å². The Morgan fingerprint density at radius 2 is 1.23 bits per heavy atom. The Bertz CT molecular complexity index is 992. The van der Waals surface area contributed by atoms with Crippen molar-refractivity contribution in [3.8, 4) is 11.5 Å². The van der Waals surface area contributed by atoms with Crippen molar-refractivity contribution in [2.45, 2.75) is 0 Å². The minimum absolute atomic E-state index is 0.660. The third-order valence-electron chi connectivity index (χ3n) is 5.97. The topological polar surface area (TPSA) is 56.5 Å². The molecule has 2 aliphatic heterocycles. The van der Waals surface area contributed by atoms with Gasteiger partial charge in [0.1, 0.15) is 35.9 Å². The van der Waals surface area contributed by atoms with Gasteiger partial charge in [-0.25, -0.2) is 0 Å². The molecule has 0 amide bonds. The fraction of sp³-hybridized carbons (Fsp3) is 0.500. The average Bonchev–Trinajstić information content (AvgIpc) is 3.18. The Morgan fingerprint density at radius 3 is 1.87 bits per heavy atom. The van der Waals surface area contributed by atoms with Crippen molar-refractivity contribution in [1.29, 1.82) is 0 Å². The van der Waals surface area contributed by atoms with Crippen LogP contribution in [0.2, 0.25) is 0 Å². The summed E-state index contributed by atoms with van der Waals surface area (Å²) in [6.07, 6.45) is 0. The average molecular weight is 427 g/mol. The number of fused-ring (bicyclic) bond motifs is 3. The molecule has 5 rings (SSSR count). The lowest BCUT2D eigenvalue weighted by Crippen LogP contribution is -2.38. The lowest BCUT2D eigenvalue weighted by atomic mass is 10.1. The maximum absolute atomic E-state index is 6.06. The molecule has 0 atom stereocenters. The predicted octanol–water partition coefficient (Wildman–Crippen LogP) is 3.01. The third kappa shape index (κ3) is 5.13. The van der Waals surface area contributed by atoms with Gasteiger partial charge in [0.25, 0.3) is 0 Å². The van der Waals surface area contributed by atoms with E-state index in [2.05, 4.69) is 21.9 Å². The van der Waals surface area contributed by atoms with E-state index in [9.17, 15) is 0 Å². The standard InChI is InChI=1S/C24H30N2O5/c1-3-21-22-17-19(29-15-9-25-5-11-27-12-6-25)2-4-23(22)31-24(21)18-20(1)30-16-10-26-7-13-28-14-8-26/h1-4,17-18H,5-16H2. The van der Waals surface area contributed by atoms with Crippen LogP contribution in [-0.2, 0) is 9.47 Å². The van der Waals surface area contributed by atoms with Crippen LogP contribution in [0.5, 0.6) is 11.5 Å². The van der Waals surface area contributed by atoms with Gasteiger partial charge in [0.05, 0.1) is 26.4 Å². The Kier molecular flexibility index (Phi) is 6.55. The van der Waals surface area contributed by atoms with Crippen molar-refractivity contribution in [3.05, 3.63) is 36.4 Å². The monoisotopic (exact) mass is 426 g/mol. The fourth-order valence-corrected chi connectivity index (χ4v) is 4.15. The lowest BCUT2D eigenvalue weighted by Gasteiger charge is -2.26. The third-order valence-corrected chi connectivity index (χ3v) is 5.97. The largest absolute Gasteiger partial charge is 0.492 e. The van der Waals surface area contributed by atoms with E-state index in [0.717, 1.165) is 99.1 Å². The molecule has 2 fully saturated rings. The molecule has 0 bridgehead atoms.